The van der Waals surface area contributed by atoms with Gasteiger partial charge < -0.3 is 20.1 Å². The Morgan fingerprint density at radius 3 is 2.65 bits per heavy atom. The van der Waals surface area contributed by atoms with Crippen LogP contribution in [0.1, 0.15) is 30.1 Å². The fourth-order valence-electron chi connectivity index (χ4n) is 2.08. The van der Waals surface area contributed by atoms with E-state index in [0.717, 1.165) is 12.8 Å². The van der Waals surface area contributed by atoms with Crippen LogP contribution in [0.2, 0.25) is 0 Å². The summed E-state index contributed by atoms with van der Waals surface area (Å²) in [5, 5.41) is 11.8. The molecule has 0 saturated heterocycles. The zero-order chi connectivity index (χ0) is 14.7. The maximum atomic E-state index is 12.2. The summed E-state index contributed by atoms with van der Waals surface area (Å²) in [5.41, 5.74) is 0.298. The lowest BCUT2D eigenvalue weighted by Gasteiger charge is -2.21. The van der Waals surface area contributed by atoms with Crippen LogP contribution in [0.3, 0.4) is 0 Å². The van der Waals surface area contributed by atoms with Crippen LogP contribution in [0.25, 0.3) is 0 Å². The molecule has 0 spiro atoms. The third-order valence-electron chi connectivity index (χ3n) is 3.29. The van der Waals surface area contributed by atoms with Gasteiger partial charge in [-0.25, -0.2) is 9.59 Å². The number of carboxylic acid groups (broad SMARTS) is 1. The summed E-state index contributed by atoms with van der Waals surface area (Å²) >= 11 is 0. The van der Waals surface area contributed by atoms with Gasteiger partial charge in [-0.05, 0) is 31.9 Å². The average molecular weight is 278 g/mol. The van der Waals surface area contributed by atoms with Gasteiger partial charge in [0.2, 0.25) is 0 Å². The van der Waals surface area contributed by atoms with Gasteiger partial charge in [0, 0.05) is 18.7 Å². The SMILES string of the molecule is CCN(C(=O)Nc1cc(OC)ccc1C(=O)O)C1CC1. The molecule has 0 unspecified atom stereocenters. The van der Waals surface area contributed by atoms with Gasteiger partial charge in [-0.15, -0.1) is 0 Å². The summed E-state index contributed by atoms with van der Waals surface area (Å²) in [5.74, 6) is -0.586. The minimum atomic E-state index is -1.09. The Morgan fingerprint density at radius 1 is 1.45 bits per heavy atom. The van der Waals surface area contributed by atoms with Crippen LogP contribution in [0, 0.1) is 0 Å². The van der Waals surface area contributed by atoms with Crippen LogP contribution in [0.15, 0.2) is 18.2 Å². The Hall–Kier alpha value is -2.24. The molecule has 108 valence electrons. The summed E-state index contributed by atoms with van der Waals surface area (Å²) in [6, 6.07) is 4.49. The summed E-state index contributed by atoms with van der Waals surface area (Å²) in [7, 11) is 1.49. The van der Waals surface area contributed by atoms with Gasteiger partial charge in [0.25, 0.3) is 0 Å². The van der Waals surface area contributed by atoms with Crippen LogP contribution < -0.4 is 10.1 Å². The van der Waals surface area contributed by atoms with Gasteiger partial charge in [0.1, 0.15) is 5.75 Å². The summed E-state index contributed by atoms with van der Waals surface area (Å²) in [4.78, 5) is 25.1. The second kappa shape index (κ2) is 5.81. The Labute approximate surface area is 117 Å². The Kier molecular flexibility index (Phi) is 4.12. The Balaban J connectivity index is 2.21. The van der Waals surface area contributed by atoms with Crippen molar-refractivity contribution in [2.75, 3.05) is 19.0 Å². The maximum Gasteiger partial charge on any atom is 0.337 e. The number of aromatic carboxylic acids is 1. The molecule has 1 aromatic carbocycles. The van der Waals surface area contributed by atoms with Crippen LogP contribution in [0.4, 0.5) is 10.5 Å². The molecule has 0 radical (unpaired) electrons. The van der Waals surface area contributed by atoms with Gasteiger partial charge in [-0.1, -0.05) is 0 Å². The van der Waals surface area contributed by atoms with E-state index in [1.807, 2.05) is 6.92 Å². The molecule has 0 aromatic heterocycles. The molecule has 0 bridgehead atoms. The third kappa shape index (κ3) is 3.01. The van der Waals surface area contributed by atoms with Crippen LogP contribution in [0.5, 0.6) is 5.75 Å². The van der Waals surface area contributed by atoms with Crippen molar-refractivity contribution >= 4 is 17.7 Å². The van der Waals surface area contributed by atoms with Crippen molar-refractivity contribution in [1.29, 1.82) is 0 Å². The predicted molar refractivity (Wildman–Crippen MR) is 74.4 cm³/mol. The van der Waals surface area contributed by atoms with Crippen molar-refractivity contribution in [3.63, 3.8) is 0 Å². The van der Waals surface area contributed by atoms with Gasteiger partial charge in [0.15, 0.2) is 0 Å². The van der Waals surface area contributed by atoms with E-state index in [1.54, 1.807) is 11.0 Å². The lowest BCUT2D eigenvalue weighted by atomic mass is 10.1. The molecular weight excluding hydrogens is 260 g/mol. The van der Waals surface area contributed by atoms with E-state index in [-0.39, 0.29) is 23.3 Å². The number of hydrogen-bond acceptors (Lipinski definition) is 3. The largest absolute Gasteiger partial charge is 0.497 e. The number of amides is 2. The van der Waals surface area contributed by atoms with E-state index in [2.05, 4.69) is 5.32 Å². The number of hydrogen-bond donors (Lipinski definition) is 2. The zero-order valence-corrected chi connectivity index (χ0v) is 11.5. The molecule has 1 aliphatic rings. The normalized spacial score (nSPS) is 13.7. The molecule has 2 N–H and O–H groups in total. The first-order chi connectivity index (χ1) is 9.56. The maximum absolute atomic E-state index is 12.2. The molecule has 2 amide bonds. The number of rotatable bonds is 5. The first kappa shape index (κ1) is 14.2. The van der Waals surface area contributed by atoms with Gasteiger partial charge >= 0.3 is 12.0 Å². The third-order valence-corrected chi connectivity index (χ3v) is 3.29. The number of nitrogens with one attached hydrogen (secondary N) is 1. The fourth-order valence-corrected chi connectivity index (χ4v) is 2.08. The zero-order valence-electron chi connectivity index (χ0n) is 11.5. The summed E-state index contributed by atoms with van der Waals surface area (Å²) in [6.45, 7) is 2.50. The average Bonchev–Trinajstić information content (AvgIpc) is 3.23. The van der Waals surface area contributed by atoms with E-state index < -0.39 is 5.97 Å². The number of carbonyl (C=O) groups is 2. The lowest BCUT2D eigenvalue weighted by molar-refractivity contribution is 0.0698. The minimum Gasteiger partial charge on any atom is -0.497 e. The molecule has 0 atom stereocenters. The number of benzene rings is 1. The van der Waals surface area contributed by atoms with E-state index in [9.17, 15) is 9.59 Å². The van der Waals surface area contributed by atoms with E-state index >= 15 is 0 Å². The predicted octanol–water partition coefficient (Wildman–Crippen LogP) is 2.41. The molecule has 1 saturated carbocycles. The fraction of sp³-hybridized carbons (Fsp3) is 0.429. The molecule has 20 heavy (non-hydrogen) atoms. The Bertz CT molecular complexity index is 526. The minimum absolute atomic E-state index is 0.0472. The highest BCUT2D eigenvalue weighted by molar-refractivity contribution is 6.00. The Morgan fingerprint density at radius 2 is 2.15 bits per heavy atom. The van der Waals surface area contributed by atoms with Crippen molar-refractivity contribution in [3.8, 4) is 5.75 Å². The number of carbonyl (C=O) groups excluding carboxylic acids is 1. The smallest absolute Gasteiger partial charge is 0.337 e. The molecule has 6 nitrogen and oxygen atoms in total. The number of carboxylic acids is 1. The highest BCUT2D eigenvalue weighted by atomic mass is 16.5. The van der Waals surface area contributed by atoms with Crippen LogP contribution in [-0.4, -0.2) is 41.7 Å². The van der Waals surface area contributed by atoms with Crippen LogP contribution >= 0.6 is 0 Å². The second-order valence-electron chi connectivity index (χ2n) is 4.66. The molecule has 1 fully saturated rings. The van der Waals surface area contributed by atoms with Crippen molar-refractivity contribution in [1.82, 2.24) is 4.90 Å². The number of anilines is 1. The van der Waals surface area contributed by atoms with E-state index in [1.165, 1.54) is 19.2 Å². The number of methoxy groups -OCH3 is 1. The van der Waals surface area contributed by atoms with E-state index in [0.29, 0.717) is 12.3 Å². The lowest BCUT2D eigenvalue weighted by Crippen LogP contribution is -2.36. The molecule has 0 heterocycles. The molecule has 1 aromatic rings. The van der Waals surface area contributed by atoms with Crippen molar-refractivity contribution in [2.45, 2.75) is 25.8 Å². The highest BCUT2D eigenvalue weighted by Crippen LogP contribution is 2.28. The quantitative estimate of drug-likeness (QED) is 0.867. The van der Waals surface area contributed by atoms with Crippen molar-refractivity contribution < 1.29 is 19.4 Å². The second-order valence-corrected chi connectivity index (χ2v) is 4.66. The number of urea groups is 1. The first-order valence-corrected chi connectivity index (χ1v) is 6.55. The van der Waals surface area contributed by atoms with Gasteiger partial charge in [0.05, 0.1) is 18.4 Å². The van der Waals surface area contributed by atoms with Gasteiger partial charge in [-0.3, -0.25) is 0 Å². The molecule has 0 aliphatic heterocycles. The van der Waals surface area contributed by atoms with Crippen molar-refractivity contribution in [2.24, 2.45) is 0 Å². The van der Waals surface area contributed by atoms with Crippen molar-refractivity contribution in [3.05, 3.63) is 23.8 Å². The van der Waals surface area contributed by atoms with Gasteiger partial charge in [-0.2, -0.15) is 0 Å². The molecule has 2 rings (SSSR count). The van der Waals surface area contributed by atoms with E-state index in [4.69, 9.17) is 9.84 Å². The summed E-state index contributed by atoms with van der Waals surface area (Å²) < 4.78 is 5.06. The molecule has 6 heteroatoms. The number of nitrogens with zero attached hydrogens (tertiary/aromatic N) is 1. The molecular formula is C14H18N2O4. The standard InChI is InChI=1S/C14H18N2O4/c1-3-16(9-4-5-9)14(19)15-12-8-10(20-2)6-7-11(12)13(17)18/h6-9H,3-5H2,1-2H3,(H,15,19)(H,17,18). The summed E-state index contributed by atoms with van der Waals surface area (Å²) in [6.07, 6.45) is 2.01. The first-order valence-electron chi connectivity index (χ1n) is 6.55. The monoisotopic (exact) mass is 278 g/mol. The number of ether oxygens (including phenoxy) is 1. The van der Waals surface area contributed by atoms with Crippen LogP contribution in [-0.2, 0) is 0 Å². The highest BCUT2D eigenvalue weighted by Gasteiger charge is 2.31. The molecule has 1 aliphatic carbocycles. The topological polar surface area (TPSA) is 78.9 Å².